The molecule has 0 aliphatic rings. The van der Waals surface area contributed by atoms with E-state index >= 15 is 0 Å². The zero-order valence-electron chi connectivity index (χ0n) is 10.5. The lowest BCUT2D eigenvalue weighted by Gasteiger charge is -1.95. The van der Waals surface area contributed by atoms with Crippen LogP contribution in [0.2, 0.25) is 0 Å². The van der Waals surface area contributed by atoms with Crippen LogP contribution in [0.15, 0.2) is 66.7 Å². The lowest BCUT2D eigenvalue weighted by Crippen LogP contribution is -1.79. The van der Waals surface area contributed by atoms with Crippen LogP contribution in [0.1, 0.15) is 0 Å². The van der Waals surface area contributed by atoms with Gasteiger partial charge < -0.3 is 0 Å². The Morgan fingerprint density at radius 3 is 1.35 bits per heavy atom. The van der Waals surface area contributed by atoms with Gasteiger partial charge in [-0.25, -0.2) is 8.78 Å². The Labute approximate surface area is 120 Å². The number of halogens is 2. The monoisotopic (exact) mass is 285 g/mol. The van der Waals surface area contributed by atoms with E-state index in [0.717, 1.165) is 20.9 Å². The molecule has 3 rings (SSSR count). The molecule has 1 aromatic heterocycles. The second-order valence-corrected chi connectivity index (χ2v) is 5.45. The zero-order chi connectivity index (χ0) is 13.9. The van der Waals surface area contributed by atoms with Crippen molar-refractivity contribution in [2.75, 3.05) is 0 Å². The van der Waals surface area contributed by atoms with Crippen molar-refractivity contribution < 1.29 is 8.78 Å². The molecule has 2 aromatic carbocycles. The van der Waals surface area contributed by atoms with Crippen molar-refractivity contribution in [3.05, 3.63) is 78.4 Å². The van der Waals surface area contributed by atoms with E-state index in [9.17, 15) is 8.78 Å². The Hall–Kier alpha value is -2.13. The predicted molar refractivity (Wildman–Crippen MR) is 79.5 cm³/mol. The quantitative estimate of drug-likeness (QED) is 0.534. The van der Waals surface area contributed by atoms with Gasteiger partial charge in [-0.1, -0.05) is 6.07 Å². The topological polar surface area (TPSA) is 0 Å². The van der Waals surface area contributed by atoms with Gasteiger partial charge in [0.15, 0.2) is 0 Å². The van der Waals surface area contributed by atoms with Crippen LogP contribution in [-0.2, 0) is 0 Å². The fraction of sp³-hybridized carbons (Fsp3) is 0. The van der Waals surface area contributed by atoms with Gasteiger partial charge in [0.25, 0.3) is 0 Å². The molecule has 0 unspecified atom stereocenters. The van der Waals surface area contributed by atoms with E-state index in [2.05, 4.69) is 0 Å². The van der Waals surface area contributed by atoms with Crippen LogP contribution in [0.3, 0.4) is 0 Å². The van der Waals surface area contributed by atoms with Crippen LogP contribution in [-0.4, -0.2) is 0 Å². The second-order valence-electron chi connectivity index (χ2n) is 4.37. The maximum Gasteiger partial charge on any atom is 0.238 e. The summed E-state index contributed by atoms with van der Waals surface area (Å²) in [6.45, 7) is 0. The summed E-state index contributed by atoms with van der Waals surface area (Å²) in [6.07, 6.45) is 0. The summed E-state index contributed by atoms with van der Waals surface area (Å²) in [5.74, 6) is -0.484. The summed E-state index contributed by atoms with van der Waals surface area (Å²) in [5, 5.41) is 0. The van der Waals surface area contributed by atoms with Gasteiger partial charge in [-0.15, -0.1) is 0 Å². The van der Waals surface area contributed by atoms with Gasteiger partial charge in [0.1, 0.15) is 11.6 Å². The normalized spacial score (nSPS) is 10.5. The van der Waals surface area contributed by atoms with Gasteiger partial charge in [0, 0.05) is 23.3 Å². The molecule has 0 atom stereocenters. The third-order valence-electron chi connectivity index (χ3n) is 2.97. The third-order valence-corrected chi connectivity index (χ3v) is 4.16. The van der Waals surface area contributed by atoms with Crippen molar-refractivity contribution in [3.8, 4) is 20.9 Å². The summed E-state index contributed by atoms with van der Waals surface area (Å²) < 4.78 is 25.9. The van der Waals surface area contributed by atoms with Crippen molar-refractivity contribution in [1.82, 2.24) is 0 Å². The molecule has 0 spiro atoms. The predicted octanol–water partition coefficient (Wildman–Crippen LogP) is 5.64. The van der Waals surface area contributed by atoms with E-state index < -0.39 is 0 Å². The minimum Gasteiger partial charge on any atom is -0.207 e. The van der Waals surface area contributed by atoms with Crippen molar-refractivity contribution in [1.29, 1.82) is 0 Å². The van der Waals surface area contributed by atoms with E-state index in [1.807, 2.05) is 18.2 Å². The molecule has 0 amide bonds. The summed E-state index contributed by atoms with van der Waals surface area (Å²) >= 11 is 1.60. The van der Waals surface area contributed by atoms with Gasteiger partial charge in [-0.2, -0.15) is 0 Å². The molecule has 0 aliphatic heterocycles. The Bertz CT molecular complexity index is 658. The maximum atomic E-state index is 13.0. The highest BCUT2D eigenvalue weighted by atomic mass is 32.1. The highest BCUT2D eigenvalue weighted by Crippen LogP contribution is 2.32. The van der Waals surface area contributed by atoms with Gasteiger partial charge >= 0.3 is 0 Å². The van der Waals surface area contributed by atoms with Crippen molar-refractivity contribution >= 4 is 11.3 Å². The molecule has 0 bridgehead atoms. The summed E-state index contributed by atoms with van der Waals surface area (Å²) in [6, 6.07) is 18.8. The lowest BCUT2D eigenvalue weighted by molar-refractivity contribution is 0.627. The van der Waals surface area contributed by atoms with E-state index in [0.29, 0.717) is 0 Å². The highest BCUT2D eigenvalue weighted by Gasteiger charge is 2.15. The summed E-state index contributed by atoms with van der Waals surface area (Å²) in [7, 11) is 0. The number of rotatable bonds is 2. The zero-order valence-corrected chi connectivity index (χ0v) is 11.3. The number of hydrogen-bond acceptors (Lipinski definition) is 0. The first-order valence-corrected chi connectivity index (χ1v) is 6.99. The van der Waals surface area contributed by atoms with Crippen LogP contribution in [0.25, 0.3) is 20.9 Å². The lowest BCUT2D eigenvalue weighted by atomic mass is 10.1. The SMILES string of the molecule is Fc1ccc(-c2cccc(-c3ccc(F)cc3)[s+]2)cc1. The van der Waals surface area contributed by atoms with Gasteiger partial charge in [-0.05, 0) is 48.5 Å². The van der Waals surface area contributed by atoms with Crippen LogP contribution in [0.4, 0.5) is 8.78 Å². The molecule has 3 heteroatoms. The minimum atomic E-state index is -0.242. The molecule has 0 aliphatic carbocycles. The molecule has 1 heterocycles. The molecular formula is C17H11F2S+. The molecule has 0 nitrogen and oxygen atoms in total. The van der Waals surface area contributed by atoms with Crippen molar-refractivity contribution in [3.63, 3.8) is 0 Å². The number of benzene rings is 2. The molecule has 0 radical (unpaired) electrons. The summed E-state index contributed by atoms with van der Waals surface area (Å²) in [5.41, 5.74) is 1.95. The van der Waals surface area contributed by atoms with E-state index in [-0.39, 0.29) is 11.6 Å². The Morgan fingerprint density at radius 1 is 0.550 bits per heavy atom. The number of hydrogen-bond donors (Lipinski definition) is 0. The molecule has 98 valence electrons. The molecule has 3 aromatic rings. The molecule has 0 N–H and O–H groups in total. The van der Waals surface area contributed by atoms with Gasteiger partial charge in [-0.3, -0.25) is 0 Å². The first-order valence-electron chi connectivity index (χ1n) is 6.17. The van der Waals surface area contributed by atoms with Gasteiger partial charge in [0.2, 0.25) is 21.1 Å². The maximum absolute atomic E-state index is 13.0. The van der Waals surface area contributed by atoms with Crippen LogP contribution >= 0.6 is 11.3 Å². The minimum absolute atomic E-state index is 0.242. The Morgan fingerprint density at radius 2 is 0.950 bits per heavy atom. The van der Waals surface area contributed by atoms with Crippen LogP contribution < -0.4 is 0 Å². The second kappa shape index (κ2) is 5.47. The highest BCUT2D eigenvalue weighted by molar-refractivity contribution is 7.18. The van der Waals surface area contributed by atoms with E-state index in [1.54, 1.807) is 35.6 Å². The third kappa shape index (κ3) is 2.73. The van der Waals surface area contributed by atoms with Crippen LogP contribution in [0, 0.1) is 11.6 Å². The average Bonchev–Trinajstić information content (AvgIpc) is 2.49. The Kier molecular flexibility index (Phi) is 3.52. The van der Waals surface area contributed by atoms with Crippen LogP contribution in [0.5, 0.6) is 0 Å². The van der Waals surface area contributed by atoms with Crippen molar-refractivity contribution in [2.45, 2.75) is 0 Å². The van der Waals surface area contributed by atoms with Crippen molar-refractivity contribution in [2.24, 2.45) is 0 Å². The van der Waals surface area contributed by atoms with E-state index in [4.69, 9.17) is 0 Å². The first-order chi connectivity index (χ1) is 9.72. The first kappa shape index (κ1) is 12.9. The average molecular weight is 285 g/mol. The molecular weight excluding hydrogens is 274 g/mol. The van der Waals surface area contributed by atoms with Gasteiger partial charge in [0.05, 0.1) is 0 Å². The molecule has 0 saturated carbocycles. The molecule has 0 saturated heterocycles. The Balaban J connectivity index is 2.01. The smallest absolute Gasteiger partial charge is 0.207 e. The standard InChI is InChI=1S/C17H11F2S/c18-14-8-4-12(5-9-14)16-2-1-3-17(20-16)13-6-10-15(19)11-7-13/h1-11H/q+1. The molecule has 20 heavy (non-hydrogen) atoms. The largest absolute Gasteiger partial charge is 0.238 e. The van der Waals surface area contributed by atoms with E-state index in [1.165, 1.54) is 24.3 Å². The summed E-state index contributed by atoms with van der Waals surface area (Å²) in [4.78, 5) is 2.10. The fourth-order valence-corrected chi connectivity index (χ4v) is 2.99. The molecule has 0 fully saturated rings. The fourth-order valence-electron chi connectivity index (χ4n) is 1.95.